The van der Waals surface area contributed by atoms with E-state index in [1.165, 1.54) is 30.6 Å². The van der Waals surface area contributed by atoms with Crippen molar-refractivity contribution in [2.75, 3.05) is 14.2 Å². The highest BCUT2D eigenvalue weighted by Gasteiger charge is 2.26. The van der Waals surface area contributed by atoms with Gasteiger partial charge in [-0.1, -0.05) is 42.5 Å². The van der Waals surface area contributed by atoms with Crippen LogP contribution in [0.1, 0.15) is 15.9 Å². The molecule has 0 radical (unpaired) electrons. The van der Waals surface area contributed by atoms with Gasteiger partial charge in [0.2, 0.25) is 10.0 Å². The minimum Gasteiger partial charge on any atom is -0.465 e. The summed E-state index contributed by atoms with van der Waals surface area (Å²) in [5.41, 5.74) is 0.897. The van der Waals surface area contributed by atoms with Gasteiger partial charge < -0.3 is 4.74 Å². The first-order valence-corrected chi connectivity index (χ1v) is 8.08. The van der Waals surface area contributed by atoms with Crippen molar-refractivity contribution in [1.29, 1.82) is 0 Å². The Morgan fingerprint density at radius 2 is 1.64 bits per heavy atom. The molecule has 22 heavy (non-hydrogen) atoms. The van der Waals surface area contributed by atoms with Crippen molar-refractivity contribution in [2.24, 2.45) is 0 Å². The van der Waals surface area contributed by atoms with Crippen molar-refractivity contribution >= 4 is 16.0 Å². The Morgan fingerprint density at radius 1 is 1.05 bits per heavy atom. The number of carbonyl (C=O) groups is 1. The Kier molecular flexibility index (Phi) is 4.95. The van der Waals surface area contributed by atoms with Crippen LogP contribution < -0.4 is 0 Å². The van der Waals surface area contributed by atoms with Crippen molar-refractivity contribution in [2.45, 2.75) is 11.4 Å². The molecule has 5 nitrogen and oxygen atoms in total. The summed E-state index contributed by atoms with van der Waals surface area (Å²) in [6.45, 7) is 0.221. The second kappa shape index (κ2) is 6.72. The van der Waals surface area contributed by atoms with Crippen LogP contribution in [0.15, 0.2) is 59.5 Å². The van der Waals surface area contributed by atoms with E-state index < -0.39 is 16.0 Å². The second-order valence-electron chi connectivity index (χ2n) is 4.73. The highest BCUT2D eigenvalue weighted by atomic mass is 32.2. The summed E-state index contributed by atoms with van der Waals surface area (Å²) in [7, 11) is -1.09. The van der Waals surface area contributed by atoms with E-state index in [-0.39, 0.29) is 17.0 Å². The first kappa shape index (κ1) is 16.2. The van der Waals surface area contributed by atoms with Crippen LogP contribution in [0.5, 0.6) is 0 Å². The smallest absolute Gasteiger partial charge is 0.339 e. The number of hydrogen-bond acceptors (Lipinski definition) is 4. The zero-order valence-electron chi connectivity index (χ0n) is 12.4. The van der Waals surface area contributed by atoms with E-state index in [0.717, 1.165) is 5.56 Å². The van der Waals surface area contributed by atoms with Gasteiger partial charge in [-0.15, -0.1) is 0 Å². The lowest BCUT2D eigenvalue weighted by Gasteiger charge is -2.18. The summed E-state index contributed by atoms with van der Waals surface area (Å²) < 4.78 is 31.3. The summed E-state index contributed by atoms with van der Waals surface area (Å²) in [6, 6.07) is 15.3. The standard InChI is InChI=1S/C16H17NO4S/c1-17(12-13-8-4-3-5-9-13)22(19,20)15-11-7-6-10-14(15)16(18)21-2/h3-11H,12H2,1-2H3. The monoisotopic (exact) mass is 319 g/mol. The molecule has 0 N–H and O–H groups in total. The van der Waals surface area contributed by atoms with Crippen LogP contribution in [0, 0.1) is 0 Å². The van der Waals surface area contributed by atoms with Gasteiger partial charge >= 0.3 is 5.97 Å². The van der Waals surface area contributed by atoms with E-state index in [0.29, 0.717) is 0 Å². The predicted molar refractivity (Wildman–Crippen MR) is 82.9 cm³/mol. The van der Waals surface area contributed by atoms with Gasteiger partial charge in [0.15, 0.2) is 0 Å². The van der Waals surface area contributed by atoms with Gasteiger partial charge in [0, 0.05) is 13.6 Å². The minimum absolute atomic E-state index is 0.0323. The molecule has 116 valence electrons. The average molecular weight is 319 g/mol. The van der Waals surface area contributed by atoms with Gasteiger partial charge in [0.25, 0.3) is 0 Å². The normalized spacial score (nSPS) is 11.4. The van der Waals surface area contributed by atoms with Crippen LogP contribution in [0.2, 0.25) is 0 Å². The molecule has 2 rings (SSSR count). The molecular formula is C16H17NO4S. The number of carbonyl (C=O) groups excluding carboxylic acids is 1. The van der Waals surface area contributed by atoms with Crippen molar-refractivity contribution in [3.05, 3.63) is 65.7 Å². The number of methoxy groups -OCH3 is 1. The van der Waals surface area contributed by atoms with Crippen molar-refractivity contribution < 1.29 is 17.9 Å². The molecule has 0 saturated heterocycles. The van der Waals surface area contributed by atoms with Gasteiger partial charge in [-0.3, -0.25) is 0 Å². The van der Waals surface area contributed by atoms with Crippen molar-refractivity contribution in [3.63, 3.8) is 0 Å². The van der Waals surface area contributed by atoms with E-state index in [1.54, 1.807) is 12.1 Å². The fourth-order valence-corrected chi connectivity index (χ4v) is 3.40. The summed E-state index contributed by atoms with van der Waals surface area (Å²) in [4.78, 5) is 11.7. The molecule has 0 saturated carbocycles. The van der Waals surface area contributed by atoms with Gasteiger partial charge in [-0.2, -0.15) is 4.31 Å². The van der Waals surface area contributed by atoms with Crippen LogP contribution in [0.25, 0.3) is 0 Å². The molecular weight excluding hydrogens is 302 g/mol. The third-order valence-corrected chi connectivity index (χ3v) is 5.09. The highest BCUT2D eigenvalue weighted by molar-refractivity contribution is 7.89. The molecule has 0 fully saturated rings. The molecule has 0 unspecified atom stereocenters. The molecule has 0 aliphatic heterocycles. The number of ether oxygens (including phenoxy) is 1. The van der Waals surface area contributed by atoms with Crippen molar-refractivity contribution in [3.8, 4) is 0 Å². The molecule has 0 aliphatic carbocycles. The van der Waals surface area contributed by atoms with Crippen LogP contribution in [-0.2, 0) is 21.3 Å². The van der Waals surface area contributed by atoms with Crippen molar-refractivity contribution in [1.82, 2.24) is 4.31 Å². The fourth-order valence-electron chi connectivity index (χ4n) is 2.06. The summed E-state index contributed by atoms with van der Waals surface area (Å²) >= 11 is 0. The maximum atomic E-state index is 12.7. The van der Waals surface area contributed by atoms with Gasteiger partial charge in [-0.25, -0.2) is 13.2 Å². The van der Waals surface area contributed by atoms with E-state index in [2.05, 4.69) is 4.74 Å². The summed E-state index contributed by atoms with van der Waals surface area (Å²) in [6.07, 6.45) is 0. The lowest BCUT2D eigenvalue weighted by atomic mass is 10.2. The topological polar surface area (TPSA) is 63.7 Å². The Balaban J connectivity index is 2.36. The highest BCUT2D eigenvalue weighted by Crippen LogP contribution is 2.21. The Hall–Kier alpha value is -2.18. The van der Waals surface area contributed by atoms with E-state index in [4.69, 9.17) is 0 Å². The number of sulfonamides is 1. The number of hydrogen-bond donors (Lipinski definition) is 0. The Bertz CT molecular complexity index is 757. The quantitative estimate of drug-likeness (QED) is 0.793. The molecule has 2 aromatic rings. The predicted octanol–water partition coefficient (Wildman–Crippen LogP) is 2.29. The first-order valence-electron chi connectivity index (χ1n) is 6.64. The molecule has 0 aromatic heterocycles. The fraction of sp³-hybridized carbons (Fsp3) is 0.188. The van der Waals surface area contributed by atoms with E-state index in [1.807, 2.05) is 30.3 Å². The van der Waals surface area contributed by atoms with Crippen LogP contribution in [0.3, 0.4) is 0 Å². The van der Waals surface area contributed by atoms with Gasteiger partial charge in [0.05, 0.1) is 17.6 Å². The molecule has 0 amide bonds. The van der Waals surface area contributed by atoms with Crippen LogP contribution >= 0.6 is 0 Å². The number of rotatable bonds is 5. The number of esters is 1. The Labute approximate surface area is 130 Å². The second-order valence-corrected chi connectivity index (χ2v) is 6.75. The molecule has 0 atom stereocenters. The number of benzene rings is 2. The first-order chi connectivity index (χ1) is 10.5. The third kappa shape index (κ3) is 3.35. The third-order valence-electron chi connectivity index (χ3n) is 3.23. The molecule has 0 spiro atoms. The molecule has 0 aliphatic rings. The van der Waals surface area contributed by atoms with Crippen LogP contribution in [-0.4, -0.2) is 32.8 Å². The molecule has 0 heterocycles. The SMILES string of the molecule is COC(=O)c1ccccc1S(=O)(=O)N(C)Cc1ccccc1. The largest absolute Gasteiger partial charge is 0.465 e. The zero-order chi connectivity index (χ0) is 16.2. The van der Waals surface area contributed by atoms with E-state index >= 15 is 0 Å². The summed E-state index contributed by atoms with van der Waals surface area (Å²) in [5, 5.41) is 0. The average Bonchev–Trinajstić information content (AvgIpc) is 2.55. The maximum Gasteiger partial charge on any atom is 0.339 e. The summed E-state index contributed by atoms with van der Waals surface area (Å²) in [5.74, 6) is -0.674. The maximum absolute atomic E-state index is 12.7. The Morgan fingerprint density at radius 3 is 2.27 bits per heavy atom. The van der Waals surface area contributed by atoms with E-state index in [9.17, 15) is 13.2 Å². The minimum atomic E-state index is -3.79. The van der Waals surface area contributed by atoms with Gasteiger partial charge in [0.1, 0.15) is 0 Å². The van der Waals surface area contributed by atoms with Crippen LogP contribution in [0.4, 0.5) is 0 Å². The molecule has 6 heteroatoms. The number of nitrogens with zero attached hydrogens (tertiary/aromatic N) is 1. The lowest BCUT2D eigenvalue weighted by Crippen LogP contribution is -2.28. The zero-order valence-corrected chi connectivity index (χ0v) is 13.2. The molecule has 0 bridgehead atoms. The lowest BCUT2D eigenvalue weighted by molar-refractivity contribution is 0.0596. The molecule has 2 aromatic carbocycles. The van der Waals surface area contributed by atoms with Gasteiger partial charge in [-0.05, 0) is 17.7 Å².